The third kappa shape index (κ3) is 3.85. The lowest BCUT2D eigenvalue weighted by Gasteiger charge is -2.23. The molecule has 86 valence electrons. The van der Waals surface area contributed by atoms with Crippen molar-refractivity contribution in [2.75, 3.05) is 0 Å². The van der Waals surface area contributed by atoms with E-state index in [-0.39, 0.29) is 0 Å². The van der Waals surface area contributed by atoms with Crippen LogP contribution >= 0.6 is 27.3 Å². The second-order valence-corrected chi connectivity index (χ2v) is 6.51. The number of hydrogen-bond acceptors (Lipinski definition) is 3. The van der Waals surface area contributed by atoms with Crippen molar-refractivity contribution in [1.29, 1.82) is 0 Å². The number of thiazole rings is 1. The summed E-state index contributed by atoms with van der Waals surface area (Å²) >= 11 is 5.14. The molecule has 0 aliphatic carbocycles. The Bertz CT molecular complexity index is 301. The van der Waals surface area contributed by atoms with Gasteiger partial charge in [-0.1, -0.05) is 20.3 Å². The van der Waals surface area contributed by atoms with E-state index in [1.165, 1.54) is 6.42 Å². The fourth-order valence-electron chi connectivity index (χ4n) is 1.45. The molecule has 4 heteroatoms. The number of aromatic nitrogens is 1. The number of halogens is 1. The quantitative estimate of drug-likeness (QED) is 0.887. The molecule has 1 aromatic heterocycles. The van der Waals surface area contributed by atoms with Crippen molar-refractivity contribution in [3.63, 3.8) is 0 Å². The van der Waals surface area contributed by atoms with Crippen molar-refractivity contribution in [3.8, 4) is 0 Å². The topological polar surface area (TPSA) is 24.9 Å². The van der Waals surface area contributed by atoms with Crippen molar-refractivity contribution >= 4 is 27.3 Å². The SMILES string of the molecule is CCC(C)C(C)NC(C)c1ncc(Br)s1. The maximum atomic E-state index is 4.36. The van der Waals surface area contributed by atoms with Crippen LogP contribution in [0.3, 0.4) is 0 Å². The van der Waals surface area contributed by atoms with E-state index in [4.69, 9.17) is 0 Å². The number of hydrogen-bond donors (Lipinski definition) is 1. The van der Waals surface area contributed by atoms with E-state index < -0.39 is 0 Å². The molecule has 1 N–H and O–H groups in total. The molecule has 3 unspecified atom stereocenters. The Morgan fingerprint density at radius 2 is 2.13 bits per heavy atom. The molecule has 3 atom stereocenters. The van der Waals surface area contributed by atoms with E-state index in [1.807, 2.05) is 6.20 Å². The van der Waals surface area contributed by atoms with Crippen molar-refractivity contribution in [3.05, 3.63) is 15.0 Å². The highest BCUT2D eigenvalue weighted by molar-refractivity contribution is 9.11. The maximum absolute atomic E-state index is 4.36. The lowest BCUT2D eigenvalue weighted by molar-refractivity contribution is 0.360. The van der Waals surface area contributed by atoms with Crippen molar-refractivity contribution in [2.24, 2.45) is 5.92 Å². The Balaban J connectivity index is 2.52. The van der Waals surface area contributed by atoms with Gasteiger partial charge in [-0.05, 0) is 35.7 Å². The maximum Gasteiger partial charge on any atom is 0.110 e. The minimum absolute atomic E-state index is 0.338. The zero-order valence-corrected chi connectivity index (χ0v) is 12.2. The molecular weight excluding hydrogens is 272 g/mol. The van der Waals surface area contributed by atoms with Gasteiger partial charge >= 0.3 is 0 Å². The molecule has 0 bridgehead atoms. The first-order valence-corrected chi connectivity index (χ1v) is 7.02. The molecular formula is C11H19BrN2S. The highest BCUT2D eigenvalue weighted by Crippen LogP contribution is 2.25. The van der Waals surface area contributed by atoms with E-state index >= 15 is 0 Å². The van der Waals surface area contributed by atoms with Gasteiger partial charge in [0.25, 0.3) is 0 Å². The monoisotopic (exact) mass is 290 g/mol. The highest BCUT2D eigenvalue weighted by atomic mass is 79.9. The molecule has 1 rings (SSSR count). The minimum Gasteiger partial charge on any atom is -0.305 e. The van der Waals surface area contributed by atoms with Crippen LogP contribution < -0.4 is 5.32 Å². The van der Waals surface area contributed by atoms with E-state index in [2.05, 4.69) is 53.9 Å². The first kappa shape index (κ1) is 13.1. The Labute approximate surface area is 105 Å². The van der Waals surface area contributed by atoms with Gasteiger partial charge in [0.05, 0.1) is 16.0 Å². The summed E-state index contributed by atoms with van der Waals surface area (Å²) in [5, 5.41) is 4.74. The Morgan fingerprint density at radius 3 is 2.60 bits per heavy atom. The first-order valence-electron chi connectivity index (χ1n) is 5.41. The predicted octanol–water partition coefficient (Wildman–Crippen LogP) is 3.99. The molecule has 0 fully saturated rings. The summed E-state index contributed by atoms with van der Waals surface area (Å²) in [6.45, 7) is 8.92. The molecule has 0 aliphatic rings. The molecule has 0 saturated carbocycles. The fraction of sp³-hybridized carbons (Fsp3) is 0.727. The second-order valence-electron chi connectivity index (χ2n) is 4.07. The fourth-order valence-corrected chi connectivity index (χ4v) is 2.71. The Morgan fingerprint density at radius 1 is 1.47 bits per heavy atom. The normalized spacial score (nSPS) is 17.4. The Hall–Kier alpha value is 0.0700. The minimum atomic E-state index is 0.338. The van der Waals surface area contributed by atoms with Gasteiger partial charge in [0, 0.05) is 6.04 Å². The van der Waals surface area contributed by atoms with E-state index in [0.717, 1.165) is 8.79 Å². The summed E-state index contributed by atoms with van der Waals surface area (Å²) in [6, 6.07) is 0.873. The molecule has 0 saturated heterocycles. The van der Waals surface area contributed by atoms with Gasteiger partial charge in [-0.2, -0.15) is 0 Å². The third-order valence-corrected chi connectivity index (χ3v) is 4.54. The zero-order valence-electron chi connectivity index (χ0n) is 9.75. The van der Waals surface area contributed by atoms with Crippen LogP contribution in [0.15, 0.2) is 9.98 Å². The lowest BCUT2D eigenvalue weighted by atomic mass is 10.0. The molecule has 0 radical (unpaired) electrons. The van der Waals surface area contributed by atoms with Gasteiger partial charge in [0.1, 0.15) is 5.01 Å². The molecule has 15 heavy (non-hydrogen) atoms. The van der Waals surface area contributed by atoms with Crippen molar-refractivity contribution in [2.45, 2.75) is 46.2 Å². The van der Waals surface area contributed by atoms with Crippen LogP contribution in [-0.4, -0.2) is 11.0 Å². The van der Waals surface area contributed by atoms with Gasteiger partial charge in [0.2, 0.25) is 0 Å². The summed E-state index contributed by atoms with van der Waals surface area (Å²) < 4.78 is 1.10. The van der Waals surface area contributed by atoms with Crippen LogP contribution in [0.25, 0.3) is 0 Å². The average Bonchev–Trinajstić information content (AvgIpc) is 2.63. The third-order valence-electron chi connectivity index (χ3n) is 2.88. The largest absolute Gasteiger partial charge is 0.305 e. The molecule has 0 aromatic carbocycles. The molecule has 1 heterocycles. The van der Waals surface area contributed by atoms with Gasteiger partial charge < -0.3 is 5.32 Å². The van der Waals surface area contributed by atoms with Gasteiger partial charge in [-0.25, -0.2) is 4.98 Å². The number of rotatable bonds is 5. The summed E-state index contributed by atoms with van der Waals surface area (Å²) in [5.74, 6) is 0.704. The smallest absolute Gasteiger partial charge is 0.110 e. The zero-order chi connectivity index (χ0) is 11.4. The van der Waals surface area contributed by atoms with Crippen LogP contribution in [0.1, 0.15) is 45.2 Å². The summed E-state index contributed by atoms with van der Waals surface area (Å²) in [4.78, 5) is 4.36. The van der Waals surface area contributed by atoms with Gasteiger partial charge in [-0.3, -0.25) is 0 Å². The van der Waals surface area contributed by atoms with Crippen LogP contribution in [0.5, 0.6) is 0 Å². The second kappa shape index (κ2) is 5.97. The number of nitrogens with one attached hydrogen (secondary N) is 1. The van der Waals surface area contributed by atoms with Gasteiger partial charge in [-0.15, -0.1) is 11.3 Å². The lowest BCUT2D eigenvalue weighted by Crippen LogP contribution is -2.33. The van der Waals surface area contributed by atoms with E-state index in [0.29, 0.717) is 18.0 Å². The van der Waals surface area contributed by atoms with E-state index in [1.54, 1.807) is 11.3 Å². The summed E-state index contributed by atoms with van der Waals surface area (Å²) in [5.41, 5.74) is 0. The van der Waals surface area contributed by atoms with Crippen molar-refractivity contribution < 1.29 is 0 Å². The Kier molecular flexibility index (Phi) is 5.23. The summed E-state index contributed by atoms with van der Waals surface area (Å²) in [6.07, 6.45) is 3.08. The molecule has 2 nitrogen and oxygen atoms in total. The van der Waals surface area contributed by atoms with Crippen LogP contribution in [-0.2, 0) is 0 Å². The predicted molar refractivity (Wildman–Crippen MR) is 70.3 cm³/mol. The molecule has 0 aliphatic heterocycles. The average molecular weight is 291 g/mol. The molecule has 0 spiro atoms. The summed E-state index contributed by atoms with van der Waals surface area (Å²) in [7, 11) is 0. The standard InChI is InChI=1S/C11H19BrN2S/c1-5-7(2)8(3)14-9(4)11-13-6-10(12)15-11/h6-9,14H,5H2,1-4H3. The number of nitrogens with zero attached hydrogens (tertiary/aromatic N) is 1. The van der Waals surface area contributed by atoms with Crippen LogP contribution in [0.4, 0.5) is 0 Å². The van der Waals surface area contributed by atoms with Crippen molar-refractivity contribution in [1.82, 2.24) is 10.3 Å². The van der Waals surface area contributed by atoms with Crippen LogP contribution in [0, 0.1) is 5.92 Å². The molecule has 0 amide bonds. The van der Waals surface area contributed by atoms with Crippen LogP contribution in [0.2, 0.25) is 0 Å². The van der Waals surface area contributed by atoms with Gasteiger partial charge in [0.15, 0.2) is 0 Å². The molecule has 1 aromatic rings. The first-order chi connectivity index (χ1) is 7.04. The van der Waals surface area contributed by atoms with E-state index in [9.17, 15) is 0 Å². The highest BCUT2D eigenvalue weighted by Gasteiger charge is 2.15.